The van der Waals surface area contributed by atoms with Gasteiger partial charge in [0, 0.05) is 5.92 Å². The first-order valence-electron chi connectivity index (χ1n) is 6.29. The Morgan fingerprint density at radius 3 is 2.58 bits per heavy atom. The van der Waals surface area contributed by atoms with Crippen LogP contribution in [-0.2, 0) is 9.53 Å². The highest BCUT2D eigenvalue weighted by Gasteiger charge is 2.40. The summed E-state index contributed by atoms with van der Waals surface area (Å²) in [5.74, 6) is 1.93. The molecule has 1 saturated carbocycles. The van der Waals surface area contributed by atoms with Gasteiger partial charge < -0.3 is 9.47 Å². The minimum atomic E-state index is 0.0319. The van der Waals surface area contributed by atoms with Crippen molar-refractivity contribution in [1.29, 1.82) is 0 Å². The fourth-order valence-electron chi connectivity index (χ4n) is 2.18. The topological polar surface area (TPSA) is 35.5 Å². The standard InChI is InChI=1S/C16H14O3/c17-11-18-16-10-15(16)12-5-4-8-14(9-12)19-13-6-2-1-3-7-13/h1-9,11,15-16H,10H2. The van der Waals surface area contributed by atoms with Gasteiger partial charge in [0.25, 0.3) is 6.47 Å². The second-order valence-electron chi connectivity index (χ2n) is 4.60. The molecule has 3 nitrogen and oxygen atoms in total. The molecule has 19 heavy (non-hydrogen) atoms. The van der Waals surface area contributed by atoms with Crippen LogP contribution in [0.25, 0.3) is 0 Å². The summed E-state index contributed by atoms with van der Waals surface area (Å²) in [6, 6.07) is 17.6. The predicted octanol–water partition coefficient (Wildman–Crippen LogP) is 3.51. The lowest BCUT2D eigenvalue weighted by Gasteiger charge is -2.07. The van der Waals surface area contributed by atoms with Crippen LogP contribution in [0.4, 0.5) is 0 Å². The molecule has 0 spiro atoms. The molecule has 0 aromatic heterocycles. The average Bonchev–Trinajstić information content (AvgIpc) is 3.20. The largest absolute Gasteiger partial charge is 0.464 e. The molecule has 2 aromatic carbocycles. The molecule has 3 heteroatoms. The van der Waals surface area contributed by atoms with Crippen LogP contribution in [-0.4, -0.2) is 12.6 Å². The van der Waals surface area contributed by atoms with Crippen molar-refractivity contribution in [2.75, 3.05) is 0 Å². The molecule has 0 bridgehead atoms. The number of para-hydroxylation sites is 1. The van der Waals surface area contributed by atoms with Crippen LogP contribution in [0.1, 0.15) is 17.9 Å². The van der Waals surface area contributed by atoms with Crippen LogP contribution < -0.4 is 4.74 Å². The van der Waals surface area contributed by atoms with E-state index in [2.05, 4.69) is 0 Å². The van der Waals surface area contributed by atoms with E-state index in [9.17, 15) is 4.79 Å². The Kier molecular flexibility index (Phi) is 3.19. The van der Waals surface area contributed by atoms with Crippen LogP contribution in [0, 0.1) is 0 Å². The first kappa shape index (κ1) is 11.8. The lowest BCUT2D eigenvalue weighted by molar-refractivity contribution is -0.129. The van der Waals surface area contributed by atoms with Gasteiger partial charge in [-0.3, -0.25) is 4.79 Å². The third kappa shape index (κ3) is 2.76. The molecule has 0 N–H and O–H groups in total. The molecule has 96 valence electrons. The molecule has 2 unspecified atom stereocenters. The molecule has 1 aliphatic carbocycles. The van der Waals surface area contributed by atoms with E-state index in [0.29, 0.717) is 12.4 Å². The third-order valence-electron chi connectivity index (χ3n) is 3.23. The zero-order valence-electron chi connectivity index (χ0n) is 10.4. The maximum Gasteiger partial charge on any atom is 0.293 e. The van der Waals surface area contributed by atoms with Gasteiger partial charge in [-0.2, -0.15) is 0 Å². The summed E-state index contributed by atoms with van der Waals surface area (Å²) < 4.78 is 10.7. The minimum Gasteiger partial charge on any atom is -0.464 e. The van der Waals surface area contributed by atoms with Gasteiger partial charge in [-0.25, -0.2) is 0 Å². The number of hydrogen-bond donors (Lipinski definition) is 0. The second-order valence-corrected chi connectivity index (χ2v) is 4.60. The van der Waals surface area contributed by atoms with Crippen molar-refractivity contribution in [3.05, 3.63) is 60.2 Å². The summed E-state index contributed by atoms with van der Waals surface area (Å²) in [6.45, 7) is 0.523. The normalized spacial score (nSPS) is 20.6. The van der Waals surface area contributed by atoms with Gasteiger partial charge in [0.15, 0.2) is 0 Å². The summed E-state index contributed by atoms with van der Waals surface area (Å²) >= 11 is 0. The molecule has 0 aliphatic heterocycles. The van der Waals surface area contributed by atoms with Crippen LogP contribution in [0.2, 0.25) is 0 Å². The molecule has 1 fully saturated rings. The van der Waals surface area contributed by atoms with Crippen LogP contribution in [0.5, 0.6) is 11.5 Å². The first-order chi connectivity index (χ1) is 9.36. The highest BCUT2D eigenvalue weighted by molar-refractivity contribution is 5.42. The molecule has 1 aliphatic rings. The Morgan fingerprint density at radius 1 is 1.00 bits per heavy atom. The quantitative estimate of drug-likeness (QED) is 0.766. The van der Waals surface area contributed by atoms with Gasteiger partial charge in [0.1, 0.15) is 17.6 Å². The van der Waals surface area contributed by atoms with E-state index in [1.165, 1.54) is 0 Å². The van der Waals surface area contributed by atoms with Crippen molar-refractivity contribution in [3.8, 4) is 11.5 Å². The zero-order valence-corrected chi connectivity index (χ0v) is 10.4. The van der Waals surface area contributed by atoms with Crippen molar-refractivity contribution in [1.82, 2.24) is 0 Å². The zero-order chi connectivity index (χ0) is 13.1. The van der Waals surface area contributed by atoms with E-state index < -0.39 is 0 Å². The summed E-state index contributed by atoms with van der Waals surface area (Å²) in [7, 11) is 0. The molecule has 2 aromatic rings. The number of ether oxygens (including phenoxy) is 2. The van der Waals surface area contributed by atoms with Crippen LogP contribution in [0.15, 0.2) is 54.6 Å². The number of hydrogen-bond acceptors (Lipinski definition) is 3. The van der Waals surface area contributed by atoms with Gasteiger partial charge in [-0.15, -0.1) is 0 Å². The fraction of sp³-hybridized carbons (Fsp3) is 0.188. The van der Waals surface area contributed by atoms with Gasteiger partial charge in [0.05, 0.1) is 0 Å². The second kappa shape index (κ2) is 5.14. The first-order valence-corrected chi connectivity index (χ1v) is 6.29. The lowest BCUT2D eigenvalue weighted by Crippen LogP contribution is -1.94. The third-order valence-corrected chi connectivity index (χ3v) is 3.23. The van der Waals surface area contributed by atoms with Gasteiger partial charge in [-0.1, -0.05) is 30.3 Å². The van der Waals surface area contributed by atoms with Crippen LogP contribution >= 0.6 is 0 Å². The molecular weight excluding hydrogens is 240 g/mol. The van der Waals surface area contributed by atoms with Gasteiger partial charge >= 0.3 is 0 Å². The van der Waals surface area contributed by atoms with Crippen molar-refractivity contribution >= 4 is 6.47 Å². The van der Waals surface area contributed by atoms with Crippen molar-refractivity contribution < 1.29 is 14.3 Å². The van der Waals surface area contributed by atoms with E-state index in [-0.39, 0.29) is 6.10 Å². The molecule has 0 radical (unpaired) electrons. The number of benzene rings is 2. The van der Waals surface area contributed by atoms with Crippen molar-refractivity contribution in [2.45, 2.75) is 18.4 Å². The maximum absolute atomic E-state index is 10.3. The summed E-state index contributed by atoms with van der Waals surface area (Å²) in [5, 5.41) is 0. The Morgan fingerprint density at radius 2 is 1.79 bits per heavy atom. The van der Waals surface area contributed by atoms with Gasteiger partial charge in [-0.05, 0) is 36.2 Å². The maximum atomic E-state index is 10.3. The SMILES string of the molecule is O=COC1CC1c1cccc(Oc2ccccc2)c1. The highest BCUT2D eigenvalue weighted by Crippen LogP contribution is 2.43. The number of carbonyl (C=O) groups excluding carboxylic acids is 1. The van der Waals surface area contributed by atoms with Crippen molar-refractivity contribution in [2.24, 2.45) is 0 Å². The van der Waals surface area contributed by atoms with E-state index in [1.54, 1.807) is 0 Å². The summed E-state index contributed by atoms with van der Waals surface area (Å²) in [6.07, 6.45) is 0.928. The van der Waals surface area contributed by atoms with E-state index in [4.69, 9.17) is 9.47 Å². The highest BCUT2D eigenvalue weighted by atomic mass is 16.5. The average molecular weight is 254 g/mol. The van der Waals surface area contributed by atoms with E-state index >= 15 is 0 Å². The molecule has 0 saturated heterocycles. The molecular formula is C16H14O3. The summed E-state index contributed by atoms with van der Waals surface area (Å²) in [4.78, 5) is 10.3. The molecule has 0 amide bonds. The predicted molar refractivity (Wildman–Crippen MR) is 71.3 cm³/mol. The summed E-state index contributed by atoms with van der Waals surface area (Å²) in [5.41, 5.74) is 1.15. The van der Waals surface area contributed by atoms with Crippen LogP contribution in [0.3, 0.4) is 0 Å². The lowest BCUT2D eigenvalue weighted by atomic mass is 10.1. The minimum absolute atomic E-state index is 0.0319. The Bertz CT molecular complexity index is 565. The molecule has 3 rings (SSSR count). The molecule has 0 heterocycles. The fourth-order valence-corrected chi connectivity index (χ4v) is 2.18. The van der Waals surface area contributed by atoms with Gasteiger partial charge in [0.2, 0.25) is 0 Å². The van der Waals surface area contributed by atoms with Crippen molar-refractivity contribution in [3.63, 3.8) is 0 Å². The Balaban J connectivity index is 1.72. The van der Waals surface area contributed by atoms with E-state index in [1.807, 2.05) is 54.6 Å². The number of carbonyl (C=O) groups is 1. The Hall–Kier alpha value is -2.29. The Labute approximate surface area is 111 Å². The molecule has 2 atom stereocenters. The number of rotatable bonds is 5. The smallest absolute Gasteiger partial charge is 0.293 e. The monoisotopic (exact) mass is 254 g/mol. The van der Waals surface area contributed by atoms with E-state index in [0.717, 1.165) is 23.5 Å².